The highest BCUT2D eigenvalue weighted by Crippen LogP contribution is 2.25. The minimum Gasteiger partial charge on any atom is -0.393 e. The van der Waals surface area contributed by atoms with E-state index in [9.17, 15) is 5.11 Å². The SMILES string of the molecule is Cc1nc(Br)cc(N2CCC(C(C)O)CC2)n1. The molecule has 1 aromatic rings. The highest BCUT2D eigenvalue weighted by molar-refractivity contribution is 9.10. The number of nitrogens with zero attached hydrogens (tertiary/aromatic N) is 3. The van der Waals surface area contributed by atoms with E-state index in [0.29, 0.717) is 5.92 Å². The molecule has 1 aliphatic heterocycles. The number of anilines is 1. The maximum atomic E-state index is 9.57. The molecule has 1 aromatic heterocycles. The Morgan fingerprint density at radius 1 is 1.41 bits per heavy atom. The van der Waals surface area contributed by atoms with E-state index in [1.165, 1.54) is 0 Å². The van der Waals surface area contributed by atoms with Crippen molar-refractivity contribution in [3.05, 3.63) is 16.5 Å². The fraction of sp³-hybridized carbons (Fsp3) is 0.667. The second-order valence-electron chi connectivity index (χ2n) is 4.66. The van der Waals surface area contributed by atoms with Gasteiger partial charge in [-0.3, -0.25) is 0 Å². The molecule has 0 aromatic carbocycles. The van der Waals surface area contributed by atoms with E-state index in [4.69, 9.17) is 0 Å². The van der Waals surface area contributed by atoms with Crippen molar-refractivity contribution in [3.8, 4) is 0 Å². The fourth-order valence-electron chi connectivity index (χ4n) is 2.29. The highest BCUT2D eigenvalue weighted by atomic mass is 79.9. The van der Waals surface area contributed by atoms with Gasteiger partial charge in [0.1, 0.15) is 16.2 Å². The molecule has 1 atom stereocenters. The van der Waals surface area contributed by atoms with Gasteiger partial charge in [-0.25, -0.2) is 9.97 Å². The monoisotopic (exact) mass is 299 g/mol. The van der Waals surface area contributed by atoms with Gasteiger partial charge in [-0.2, -0.15) is 0 Å². The lowest BCUT2D eigenvalue weighted by molar-refractivity contribution is 0.110. The van der Waals surface area contributed by atoms with Gasteiger partial charge in [0.25, 0.3) is 0 Å². The third-order valence-electron chi connectivity index (χ3n) is 3.34. The van der Waals surface area contributed by atoms with Crippen molar-refractivity contribution in [1.82, 2.24) is 9.97 Å². The number of rotatable bonds is 2. The van der Waals surface area contributed by atoms with E-state index in [2.05, 4.69) is 30.8 Å². The minimum absolute atomic E-state index is 0.198. The molecule has 0 aliphatic carbocycles. The molecule has 1 unspecified atom stereocenters. The van der Waals surface area contributed by atoms with Gasteiger partial charge < -0.3 is 10.0 Å². The summed E-state index contributed by atoms with van der Waals surface area (Å²) in [6.07, 6.45) is 1.85. The summed E-state index contributed by atoms with van der Waals surface area (Å²) in [7, 11) is 0. The number of aliphatic hydroxyl groups is 1. The normalized spacial score (nSPS) is 19.4. The van der Waals surface area contributed by atoms with Crippen LogP contribution in [0.15, 0.2) is 10.7 Å². The van der Waals surface area contributed by atoms with Crippen LogP contribution in [0.4, 0.5) is 5.82 Å². The average molecular weight is 300 g/mol. The summed E-state index contributed by atoms with van der Waals surface area (Å²) in [6, 6.07) is 1.95. The van der Waals surface area contributed by atoms with Crippen LogP contribution in [0.2, 0.25) is 0 Å². The first kappa shape index (κ1) is 12.8. The van der Waals surface area contributed by atoms with Crippen molar-refractivity contribution in [2.45, 2.75) is 32.8 Å². The summed E-state index contributed by atoms with van der Waals surface area (Å²) in [5, 5.41) is 9.57. The Labute approximate surface area is 110 Å². The van der Waals surface area contributed by atoms with E-state index in [-0.39, 0.29) is 6.10 Å². The lowest BCUT2D eigenvalue weighted by Crippen LogP contribution is -2.37. The van der Waals surface area contributed by atoms with Gasteiger partial charge in [-0.05, 0) is 48.5 Å². The lowest BCUT2D eigenvalue weighted by atomic mass is 9.92. The summed E-state index contributed by atoms with van der Waals surface area (Å²) < 4.78 is 0.831. The van der Waals surface area contributed by atoms with Crippen LogP contribution in [0.5, 0.6) is 0 Å². The van der Waals surface area contributed by atoms with Gasteiger partial charge in [0.15, 0.2) is 0 Å². The fourth-order valence-corrected chi connectivity index (χ4v) is 2.75. The molecular weight excluding hydrogens is 282 g/mol. The number of halogens is 1. The van der Waals surface area contributed by atoms with Crippen LogP contribution >= 0.6 is 15.9 Å². The Kier molecular flexibility index (Phi) is 3.99. The van der Waals surface area contributed by atoms with Crippen molar-refractivity contribution in [3.63, 3.8) is 0 Å². The number of hydrogen-bond donors (Lipinski definition) is 1. The Morgan fingerprint density at radius 3 is 2.59 bits per heavy atom. The zero-order valence-corrected chi connectivity index (χ0v) is 11.8. The molecule has 0 spiro atoms. The van der Waals surface area contributed by atoms with Crippen molar-refractivity contribution in [2.75, 3.05) is 18.0 Å². The molecule has 1 aliphatic rings. The Hall–Kier alpha value is -0.680. The minimum atomic E-state index is -0.198. The summed E-state index contributed by atoms with van der Waals surface area (Å²) >= 11 is 3.40. The molecule has 0 radical (unpaired) electrons. The quantitative estimate of drug-likeness (QED) is 0.850. The Bertz CT molecular complexity index is 369. The van der Waals surface area contributed by atoms with Crippen LogP contribution in [0.25, 0.3) is 0 Å². The van der Waals surface area contributed by atoms with Crippen LogP contribution in [0.3, 0.4) is 0 Å². The molecular formula is C12H18BrN3O. The average Bonchev–Trinajstić information content (AvgIpc) is 2.28. The number of aliphatic hydroxyl groups excluding tert-OH is 1. The molecule has 2 heterocycles. The number of aromatic nitrogens is 2. The summed E-state index contributed by atoms with van der Waals surface area (Å²) in [5.41, 5.74) is 0. The highest BCUT2D eigenvalue weighted by Gasteiger charge is 2.23. The summed E-state index contributed by atoms with van der Waals surface area (Å²) in [4.78, 5) is 10.9. The maximum Gasteiger partial charge on any atom is 0.133 e. The molecule has 1 fully saturated rings. The molecule has 0 saturated carbocycles. The molecule has 1 N–H and O–H groups in total. The largest absolute Gasteiger partial charge is 0.393 e. The van der Waals surface area contributed by atoms with Crippen LogP contribution in [0, 0.1) is 12.8 Å². The van der Waals surface area contributed by atoms with E-state index in [1.54, 1.807) is 0 Å². The first-order valence-corrected chi connectivity index (χ1v) is 6.80. The van der Waals surface area contributed by atoms with Crippen molar-refractivity contribution < 1.29 is 5.11 Å². The van der Waals surface area contributed by atoms with Gasteiger partial charge in [0.05, 0.1) is 6.10 Å². The van der Waals surface area contributed by atoms with Gasteiger partial charge >= 0.3 is 0 Å². The molecule has 0 amide bonds. The predicted molar refractivity (Wildman–Crippen MR) is 71.1 cm³/mol. The maximum absolute atomic E-state index is 9.57. The molecule has 0 bridgehead atoms. The van der Waals surface area contributed by atoms with Crippen LogP contribution < -0.4 is 4.90 Å². The smallest absolute Gasteiger partial charge is 0.133 e. The Morgan fingerprint density at radius 2 is 2.06 bits per heavy atom. The van der Waals surface area contributed by atoms with Crippen molar-refractivity contribution in [1.29, 1.82) is 0 Å². The molecule has 2 rings (SSSR count). The zero-order valence-electron chi connectivity index (χ0n) is 10.2. The van der Waals surface area contributed by atoms with Crippen LogP contribution in [0.1, 0.15) is 25.6 Å². The summed E-state index contributed by atoms with van der Waals surface area (Å²) in [6.45, 7) is 5.69. The molecule has 4 nitrogen and oxygen atoms in total. The van der Waals surface area contributed by atoms with Crippen LogP contribution in [-0.2, 0) is 0 Å². The van der Waals surface area contributed by atoms with E-state index >= 15 is 0 Å². The first-order chi connectivity index (χ1) is 8.06. The Balaban J connectivity index is 2.05. The van der Waals surface area contributed by atoms with Gasteiger partial charge in [0, 0.05) is 19.2 Å². The van der Waals surface area contributed by atoms with Crippen LogP contribution in [-0.4, -0.2) is 34.3 Å². The third-order valence-corrected chi connectivity index (χ3v) is 3.75. The standard InChI is InChI=1S/C12H18BrN3O/c1-8(17)10-3-5-16(6-4-10)12-7-11(13)14-9(2)15-12/h7-8,10,17H,3-6H2,1-2H3. The topological polar surface area (TPSA) is 49.2 Å². The molecule has 17 heavy (non-hydrogen) atoms. The summed E-state index contributed by atoms with van der Waals surface area (Å²) in [5.74, 6) is 2.19. The second-order valence-corrected chi connectivity index (χ2v) is 5.47. The van der Waals surface area contributed by atoms with Crippen molar-refractivity contribution in [2.24, 2.45) is 5.92 Å². The number of hydrogen-bond acceptors (Lipinski definition) is 4. The number of piperidine rings is 1. The number of aryl methyl sites for hydroxylation is 1. The first-order valence-electron chi connectivity index (χ1n) is 6.00. The van der Waals surface area contributed by atoms with E-state index < -0.39 is 0 Å². The third kappa shape index (κ3) is 3.16. The van der Waals surface area contributed by atoms with E-state index in [1.807, 2.05) is 19.9 Å². The molecule has 94 valence electrons. The van der Waals surface area contributed by atoms with E-state index in [0.717, 1.165) is 42.2 Å². The van der Waals surface area contributed by atoms with Crippen molar-refractivity contribution >= 4 is 21.7 Å². The second kappa shape index (κ2) is 5.31. The van der Waals surface area contributed by atoms with Gasteiger partial charge in [-0.15, -0.1) is 0 Å². The molecule has 1 saturated heterocycles. The lowest BCUT2D eigenvalue weighted by Gasteiger charge is -2.34. The van der Waals surface area contributed by atoms with Gasteiger partial charge in [0.2, 0.25) is 0 Å². The van der Waals surface area contributed by atoms with Gasteiger partial charge in [-0.1, -0.05) is 0 Å². The zero-order chi connectivity index (χ0) is 12.4. The predicted octanol–water partition coefficient (Wildman–Crippen LogP) is 2.14. The molecule has 5 heteroatoms.